The molecule has 0 spiro atoms. The van der Waals surface area contributed by atoms with E-state index in [1.54, 1.807) is 6.20 Å². The van der Waals surface area contributed by atoms with Gasteiger partial charge < -0.3 is 4.98 Å². The van der Waals surface area contributed by atoms with Crippen molar-refractivity contribution in [2.24, 2.45) is 0 Å². The molecule has 2 nitrogen and oxygen atoms in total. The van der Waals surface area contributed by atoms with Gasteiger partial charge in [0.25, 0.3) is 0 Å². The molecule has 0 amide bonds. The highest BCUT2D eigenvalue weighted by molar-refractivity contribution is 7.71. The Bertz CT molecular complexity index is 473. The minimum Gasteiger partial charge on any atom is -0.346 e. The molecule has 0 atom stereocenters. The van der Waals surface area contributed by atoms with Gasteiger partial charge in [-0.1, -0.05) is 12.2 Å². The van der Waals surface area contributed by atoms with E-state index < -0.39 is 0 Å². The van der Waals surface area contributed by atoms with Gasteiger partial charge >= 0.3 is 0 Å². The molecule has 0 aliphatic carbocycles. The zero-order valence-electron chi connectivity index (χ0n) is 6.66. The molecule has 0 fully saturated rings. The topological polar surface area (TPSA) is 28.7 Å². The smallest absolute Gasteiger partial charge is 0.103 e. The maximum Gasteiger partial charge on any atom is 0.103 e. The van der Waals surface area contributed by atoms with Gasteiger partial charge in [0.2, 0.25) is 0 Å². The number of fused-ring (bicyclic) bond motifs is 1. The first-order valence-electron chi connectivity index (χ1n) is 3.72. The molecular formula is C9H8N2S. The van der Waals surface area contributed by atoms with Crippen LogP contribution in [-0.2, 0) is 0 Å². The third kappa shape index (κ3) is 1.12. The molecule has 0 aliphatic heterocycles. The highest BCUT2D eigenvalue weighted by Crippen LogP contribution is 2.12. The van der Waals surface area contributed by atoms with Crippen molar-refractivity contribution in [2.45, 2.75) is 6.92 Å². The highest BCUT2D eigenvalue weighted by Gasteiger charge is 1.95. The van der Waals surface area contributed by atoms with Crippen molar-refractivity contribution in [3.8, 4) is 0 Å². The van der Waals surface area contributed by atoms with Crippen LogP contribution in [0.2, 0.25) is 0 Å². The number of H-pyrrole nitrogens is 1. The Morgan fingerprint density at radius 3 is 3.00 bits per heavy atom. The van der Waals surface area contributed by atoms with Gasteiger partial charge in [-0.15, -0.1) is 0 Å². The lowest BCUT2D eigenvalue weighted by atomic mass is 10.2. The Morgan fingerprint density at radius 1 is 1.33 bits per heavy atom. The average Bonchev–Trinajstić information content (AvgIpc) is 2.04. The van der Waals surface area contributed by atoms with Crippen molar-refractivity contribution in [2.75, 3.05) is 0 Å². The van der Waals surface area contributed by atoms with E-state index in [0.717, 1.165) is 21.2 Å². The van der Waals surface area contributed by atoms with Crippen LogP contribution in [0.15, 0.2) is 24.4 Å². The average molecular weight is 176 g/mol. The molecule has 1 N–H and O–H groups in total. The lowest BCUT2D eigenvalue weighted by molar-refractivity contribution is 1.22. The van der Waals surface area contributed by atoms with E-state index in [2.05, 4.69) is 9.97 Å². The highest BCUT2D eigenvalue weighted by atomic mass is 32.1. The Kier molecular flexibility index (Phi) is 1.66. The fraction of sp³-hybridized carbons (Fsp3) is 0.111. The quantitative estimate of drug-likeness (QED) is 0.625. The molecule has 2 heterocycles. The molecule has 0 bridgehead atoms. The molecule has 2 aromatic heterocycles. The van der Waals surface area contributed by atoms with Crippen molar-refractivity contribution >= 4 is 23.1 Å². The van der Waals surface area contributed by atoms with E-state index in [1.807, 2.05) is 25.1 Å². The molecular weight excluding hydrogens is 168 g/mol. The monoisotopic (exact) mass is 176 g/mol. The predicted molar refractivity (Wildman–Crippen MR) is 51.7 cm³/mol. The third-order valence-electron chi connectivity index (χ3n) is 1.85. The van der Waals surface area contributed by atoms with Crippen LogP contribution in [0, 0.1) is 11.6 Å². The van der Waals surface area contributed by atoms with E-state index in [4.69, 9.17) is 12.2 Å². The van der Waals surface area contributed by atoms with Crippen molar-refractivity contribution in [3.63, 3.8) is 0 Å². The molecule has 12 heavy (non-hydrogen) atoms. The molecule has 0 saturated heterocycles. The zero-order chi connectivity index (χ0) is 8.55. The van der Waals surface area contributed by atoms with Gasteiger partial charge in [-0.2, -0.15) is 0 Å². The van der Waals surface area contributed by atoms with Crippen LogP contribution in [-0.4, -0.2) is 9.97 Å². The minimum atomic E-state index is 0.758. The maximum absolute atomic E-state index is 5.01. The number of hydrogen-bond acceptors (Lipinski definition) is 2. The summed E-state index contributed by atoms with van der Waals surface area (Å²) in [5, 5.41) is 1.13. The number of aromatic amines is 1. The van der Waals surface area contributed by atoms with Crippen molar-refractivity contribution in [1.29, 1.82) is 0 Å². The summed E-state index contributed by atoms with van der Waals surface area (Å²) in [6, 6.07) is 5.81. The number of aryl methyl sites for hydroxylation is 1. The van der Waals surface area contributed by atoms with Crippen LogP contribution >= 0.6 is 12.2 Å². The Hall–Kier alpha value is -1.22. The molecule has 0 unspecified atom stereocenters. The Morgan fingerprint density at radius 2 is 2.17 bits per heavy atom. The van der Waals surface area contributed by atoms with Gasteiger partial charge in [0, 0.05) is 22.8 Å². The molecule has 0 aromatic carbocycles. The summed E-state index contributed by atoms with van der Waals surface area (Å²) in [6.45, 7) is 1.99. The van der Waals surface area contributed by atoms with Crippen molar-refractivity contribution < 1.29 is 0 Å². The molecule has 2 rings (SSSR count). The lowest BCUT2D eigenvalue weighted by Gasteiger charge is -1.99. The van der Waals surface area contributed by atoms with Crippen LogP contribution in [0.3, 0.4) is 0 Å². The molecule has 60 valence electrons. The molecule has 2 aromatic rings. The second-order valence-electron chi connectivity index (χ2n) is 2.68. The third-order valence-corrected chi connectivity index (χ3v) is 2.09. The van der Waals surface area contributed by atoms with Gasteiger partial charge in [0.05, 0.1) is 0 Å². The fourth-order valence-electron chi connectivity index (χ4n) is 1.23. The molecule has 0 saturated carbocycles. The summed E-state index contributed by atoms with van der Waals surface area (Å²) < 4.78 is 0.758. The van der Waals surface area contributed by atoms with E-state index in [-0.39, 0.29) is 0 Å². The normalized spacial score (nSPS) is 10.4. The summed E-state index contributed by atoms with van der Waals surface area (Å²) in [6.07, 6.45) is 1.78. The van der Waals surface area contributed by atoms with Gasteiger partial charge in [-0.05, 0) is 25.1 Å². The summed E-state index contributed by atoms with van der Waals surface area (Å²) in [4.78, 5) is 7.29. The van der Waals surface area contributed by atoms with E-state index >= 15 is 0 Å². The van der Waals surface area contributed by atoms with Crippen LogP contribution in [0.1, 0.15) is 5.69 Å². The first-order chi connectivity index (χ1) is 5.77. The van der Waals surface area contributed by atoms with Gasteiger partial charge in [0.15, 0.2) is 0 Å². The summed E-state index contributed by atoms with van der Waals surface area (Å²) in [7, 11) is 0. The van der Waals surface area contributed by atoms with Gasteiger partial charge in [-0.25, -0.2) is 0 Å². The number of nitrogens with one attached hydrogen (secondary N) is 1. The van der Waals surface area contributed by atoms with E-state index in [0.29, 0.717) is 0 Å². The second-order valence-corrected chi connectivity index (χ2v) is 3.12. The Labute approximate surface area is 75.3 Å². The predicted octanol–water partition coefficient (Wildman–Crippen LogP) is 2.60. The number of pyridine rings is 2. The largest absolute Gasteiger partial charge is 0.346 e. The minimum absolute atomic E-state index is 0.758. The number of aromatic nitrogens is 2. The zero-order valence-corrected chi connectivity index (χ0v) is 7.48. The lowest BCUT2D eigenvalue weighted by Crippen LogP contribution is -1.85. The van der Waals surface area contributed by atoms with Crippen LogP contribution in [0.4, 0.5) is 0 Å². The standard InChI is InChI=1S/C9H8N2S/c1-6-7-2-3-9(12)11-8(7)4-5-10-6/h2-5H,1H3,(H,11,12). The first-order valence-corrected chi connectivity index (χ1v) is 4.13. The van der Waals surface area contributed by atoms with Crippen LogP contribution < -0.4 is 0 Å². The van der Waals surface area contributed by atoms with Gasteiger partial charge in [-0.3, -0.25) is 4.98 Å². The molecule has 0 aliphatic rings. The Balaban J connectivity index is 2.96. The molecule has 3 heteroatoms. The second kappa shape index (κ2) is 2.68. The summed E-state index contributed by atoms with van der Waals surface area (Å²) in [5.74, 6) is 0. The number of rotatable bonds is 0. The van der Waals surface area contributed by atoms with Crippen LogP contribution in [0.5, 0.6) is 0 Å². The van der Waals surface area contributed by atoms with Crippen LogP contribution in [0.25, 0.3) is 10.9 Å². The number of hydrogen-bond donors (Lipinski definition) is 1. The first kappa shape index (κ1) is 7.43. The fourth-order valence-corrected chi connectivity index (χ4v) is 1.41. The van der Waals surface area contributed by atoms with Crippen molar-refractivity contribution in [1.82, 2.24) is 9.97 Å². The SMILES string of the molecule is Cc1nccc2[nH]c(=S)ccc12. The number of nitrogens with zero attached hydrogens (tertiary/aromatic N) is 1. The summed E-state index contributed by atoms with van der Waals surface area (Å²) in [5.41, 5.74) is 2.08. The van der Waals surface area contributed by atoms with Gasteiger partial charge in [0.1, 0.15) is 4.64 Å². The van der Waals surface area contributed by atoms with Crippen molar-refractivity contribution in [3.05, 3.63) is 34.7 Å². The maximum atomic E-state index is 5.01. The summed E-state index contributed by atoms with van der Waals surface area (Å²) >= 11 is 5.01. The van der Waals surface area contributed by atoms with E-state index in [9.17, 15) is 0 Å². The molecule has 0 radical (unpaired) electrons. The van der Waals surface area contributed by atoms with E-state index in [1.165, 1.54) is 0 Å².